The Kier molecular flexibility index (Phi) is 0.655. The Hall–Kier alpha value is -0.590. The first-order valence-electron chi connectivity index (χ1n) is 3.07. The first kappa shape index (κ1) is 4.30. The predicted molar refractivity (Wildman–Crippen MR) is 30.4 cm³/mol. The van der Waals surface area contributed by atoms with E-state index >= 15 is 0 Å². The Morgan fingerprint density at radius 1 is 1.50 bits per heavy atom. The quantitative estimate of drug-likeness (QED) is 0.425. The topological polar surface area (TPSA) is 17.1 Å². The predicted octanol–water partition coefficient (Wildman–Crippen LogP) is 1.15. The van der Waals surface area contributed by atoms with Crippen LogP contribution >= 0.6 is 0 Å². The smallest absolute Gasteiger partial charge is 0.140 e. The fourth-order valence-electron chi connectivity index (χ4n) is 1.57. The van der Waals surface area contributed by atoms with Crippen molar-refractivity contribution in [2.75, 3.05) is 0 Å². The maximum Gasteiger partial charge on any atom is 0.140 e. The number of carbonyl (C=O) groups is 1. The van der Waals surface area contributed by atoms with Gasteiger partial charge >= 0.3 is 0 Å². The average Bonchev–Trinajstić information content (AvgIpc) is 2.23. The van der Waals surface area contributed by atoms with Crippen LogP contribution in [0.25, 0.3) is 0 Å². The summed E-state index contributed by atoms with van der Waals surface area (Å²) in [5.74, 6) is 1.39. The lowest BCUT2D eigenvalue weighted by atomic mass is 10.1. The molecule has 1 saturated carbocycles. The monoisotopic (exact) mass is 108 g/mol. The molecule has 1 heteroatoms. The molecule has 0 radical (unpaired) electrons. The number of rotatable bonds is 0. The molecular formula is C7H8O. The van der Waals surface area contributed by atoms with Gasteiger partial charge in [0, 0.05) is 12.3 Å². The summed E-state index contributed by atoms with van der Waals surface area (Å²) in [6.07, 6.45) is 6.16. The van der Waals surface area contributed by atoms with E-state index in [0.717, 1.165) is 12.8 Å². The highest BCUT2D eigenvalue weighted by Gasteiger charge is 2.33. The standard InChI is InChI=1S/C7H8O/c8-7-4-5-1-2-6(7)3-5/h1-2,5-6H,3-4H2. The zero-order valence-electron chi connectivity index (χ0n) is 4.63. The molecule has 0 aromatic rings. The number of carbonyl (C=O) groups excluding carboxylic acids is 1. The molecule has 1 nitrogen and oxygen atoms in total. The summed E-state index contributed by atoms with van der Waals surface area (Å²) in [6.45, 7) is 0. The molecule has 0 heterocycles. The lowest BCUT2D eigenvalue weighted by Crippen LogP contribution is -2.02. The van der Waals surface area contributed by atoms with Gasteiger partial charge in [-0.3, -0.25) is 4.79 Å². The summed E-state index contributed by atoms with van der Waals surface area (Å²) in [4.78, 5) is 10.8. The van der Waals surface area contributed by atoms with Crippen LogP contribution in [0.5, 0.6) is 0 Å². The molecule has 2 unspecified atom stereocenters. The van der Waals surface area contributed by atoms with E-state index in [1.165, 1.54) is 0 Å². The molecule has 1 fully saturated rings. The lowest BCUT2D eigenvalue weighted by molar-refractivity contribution is -0.119. The summed E-state index contributed by atoms with van der Waals surface area (Å²) in [7, 11) is 0. The lowest BCUT2D eigenvalue weighted by Gasteiger charge is -1.96. The van der Waals surface area contributed by atoms with Crippen molar-refractivity contribution >= 4 is 5.78 Å². The molecule has 0 N–H and O–H groups in total. The number of hydrogen-bond donors (Lipinski definition) is 0. The van der Waals surface area contributed by atoms with E-state index in [-0.39, 0.29) is 0 Å². The molecule has 42 valence electrons. The van der Waals surface area contributed by atoms with Crippen molar-refractivity contribution in [1.82, 2.24) is 0 Å². The third-order valence-electron chi connectivity index (χ3n) is 2.05. The zero-order chi connectivity index (χ0) is 5.56. The highest BCUT2D eigenvalue weighted by molar-refractivity contribution is 5.86. The highest BCUT2D eigenvalue weighted by Crippen LogP contribution is 2.35. The number of fused-ring (bicyclic) bond motifs is 2. The van der Waals surface area contributed by atoms with E-state index in [4.69, 9.17) is 0 Å². The SMILES string of the molecule is O=C1CC2C=CC1C2. The van der Waals surface area contributed by atoms with E-state index in [1.807, 2.05) is 0 Å². The van der Waals surface area contributed by atoms with Gasteiger partial charge in [-0.15, -0.1) is 0 Å². The summed E-state index contributed by atoms with van der Waals surface area (Å²) in [6, 6.07) is 0. The number of ketones is 1. The number of allylic oxidation sites excluding steroid dienone is 2. The summed E-state index contributed by atoms with van der Waals surface area (Å²) in [5, 5.41) is 0. The second-order valence-electron chi connectivity index (χ2n) is 2.66. The molecule has 2 aliphatic carbocycles. The van der Waals surface area contributed by atoms with Gasteiger partial charge in [0.2, 0.25) is 0 Å². The van der Waals surface area contributed by atoms with Crippen molar-refractivity contribution in [3.63, 3.8) is 0 Å². The van der Waals surface area contributed by atoms with Crippen molar-refractivity contribution in [2.24, 2.45) is 11.8 Å². The van der Waals surface area contributed by atoms with Crippen molar-refractivity contribution in [1.29, 1.82) is 0 Å². The van der Waals surface area contributed by atoms with Gasteiger partial charge < -0.3 is 0 Å². The van der Waals surface area contributed by atoms with Crippen LogP contribution in [0.1, 0.15) is 12.8 Å². The molecule has 8 heavy (non-hydrogen) atoms. The normalized spacial score (nSPS) is 41.8. The summed E-state index contributed by atoms with van der Waals surface area (Å²) >= 11 is 0. The third-order valence-corrected chi connectivity index (χ3v) is 2.05. The van der Waals surface area contributed by atoms with Gasteiger partial charge in [0.05, 0.1) is 0 Å². The molecule has 0 aliphatic heterocycles. The minimum absolute atomic E-state index is 0.319. The van der Waals surface area contributed by atoms with Gasteiger partial charge in [0.1, 0.15) is 5.78 Å². The van der Waals surface area contributed by atoms with Crippen LogP contribution < -0.4 is 0 Å². The molecule has 2 aliphatic rings. The minimum Gasteiger partial charge on any atom is -0.299 e. The summed E-state index contributed by atoms with van der Waals surface area (Å²) in [5.41, 5.74) is 0. The van der Waals surface area contributed by atoms with E-state index in [1.54, 1.807) is 0 Å². The Balaban J connectivity index is 2.35. The molecule has 2 rings (SSSR count). The van der Waals surface area contributed by atoms with E-state index in [0.29, 0.717) is 17.6 Å². The number of hydrogen-bond acceptors (Lipinski definition) is 1. The molecule has 0 saturated heterocycles. The molecule has 0 spiro atoms. The van der Waals surface area contributed by atoms with Crippen molar-refractivity contribution in [3.8, 4) is 0 Å². The van der Waals surface area contributed by atoms with Gasteiger partial charge in [-0.1, -0.05) is 12.2 Å². The van der Waals surface area contributed by atoms with E-state index < -0.39 is 0 Å². The Bertz CT molecular complexity index is 158. The second-order valence-corrected chi connectivity index (χ2v) is 2.66. The van der Waals surface area contributed by atoms with Crippen LogP contribution in [0.2, 0.25) is 0 Å². The highest BCUT2D eigenvalue weighted by atomic mass is 16.1. The van der Waals surface area contributed by atoms with E-state index in [2.05, 4.69) is 12.2 Å². The van der Waals surface area contributed by atoms with Gasteiger partial charge in [-0.2, -0.15) is 0 Å². The van der Waals surface area contributed by atoms with E-state index in [9.17, 15) is 4.79 Å². The van der Waals surface area contributed by atoms with Gasteiger partial charge in [0.15, 0.2) is 0 Å². The maximum absolute atomic E-state index is 10.8. The Labute approximate surface area is 48.4 Å². The van der Waals surface area contributed by atoms with Crippen LogP contribution in [0.4, 0.5) is 0 Å². The fourth-order valence-corrected chi connectivity index (χ4v) is 1.57. The van der Waals surface area contributed by atoms with Crippen LogP contribution in [0.3, 0.4) is 0 Å². The maximum atomic E-state index is 10.8. The molecule has 0 amide bonds. The first-order valence-corrected chi connectivity index (χ1v) is 3.07. The fraction of sp³-hybridized carbons (Fsp3) is 0.571. The van der Waals surface area contributed by atoms with Gasteiger partial charge in [0.25, 0.3) is 0 Å². The second kappa shape index (κ2) is 1.22. The summed E-state index contributed by atoms with van der Waals surface area (Å²) < 4.78 is 0. The van der Waals surface area contributed by atoms with Crippen LogP contribution in [0, 0.1) is 11.8 Å². The van der Waals surface area contributed by atoms with Crippen molar-refractivity contribution in [3.05, 3.63) is 12.2 Å². The van der Waals surface area contributed by atoms with Crippen molar-refractivity contribution in [2.45, 2.75) is 12.8 Å². The van der Waals surface area contributed by atoms with Gasteiger partial charge in [-0.05, 0) is 12.3 Å². The molecular weight excluding hydrogens is 100 g/mol. The largest absolute Gasteiger partial charge is 0.299 e. The van der Waals surface area contributed by atoms with Crippen LogP contribution in [-0.4, -0.2) is 5.78 Å². The molecule has 0 aromatic heterocycles. The Morgan fingerprint density at radius 2 is 2.38 bits per heavy atom. The average molecular weight is 108 g/mol. The zero-order valence-corrected chi connectivity index (χ0v) is 4.63. The molecule has 2 atom stereocenters. The van der Waals surface area contributed by atoms with Crippen molar-refractivity contribution < 1.29 is 4.79 Å². The van der Waals surface area contributed by atoms with Gasteiger partial charge in [-0.25, -0.2) is 0 Å². The Morgan fingerprint density at radius 3 is 2.62 bits per heavy atom. The minimum atomic E-state index is 0.319. The van der Waals surface area contributed by atoms with Crippen LogP contribution in [0.15, 0.2) is 12.2 Å². The first-order chi connectivity index (χ1) is 3.86. The molecule has 2 bridgehead atoms. The third kappa shape index (κ3) is 0.391. The van der Waals surface area contributed by atoms with Crippen LogP contribution in [-0.2, 0) is 4.79 Å². The molecule has 0 aromatic carbocycles. The number of Topliss-reactive ketones (excluding diaryl/α,β-unsaturated/α-hetero) is 1.